The van der Waals surface area contributed by atoms with E-state index >= 15 is 0 Å². The van der Waals surface area contributed by atoms with Gasteiger partial charge in [0.1, 0.15) is 12.0 Å². The molecule has 0 radical (unpaired) electrons. The number of carbonyl (C=O) groups is 1. The summed E-state index contributed by atoms with van der Waals surface area (Å²) in [5.41, 5.74) is 0.551. The summed E-state index contributed by atoms with van der Waals surface area (Å²) in [5.74, 6) is -0.324. The number of aromatic nitrogens is 3. The molecule has 0 unspecified atom stereocenters. The maximum Gasteiger partial charge on any atom is 0.292 e. The van der Waals surface area contributed by atoms with E-state index in [2.05, 4.69) is 10.2 Å². The number of amides is 1. The molecule has 13 heteroatoms. The van der Waals surface area contributed by atoms with Crippen molar-refractivity contribution in [2.45, 2.75) is 10.1 Å². The van der Waals surface area contributed by atoms with E-state index in [-0.39, 0.29) is 22.8 Å². The van der Waals surface area contributed by atoms with Crippen molar-refractivity contribution in [1.82, 2.24) is 19.7 Å². The summed E-state index contributed by atoms with van der Waals surface area (Å²) < 4.78 is 1.64. The average Bonchev–Trinajstić information content (AvgIpc) is 3.23. The maximum atomic E-state index is 13.0. The van der Waals surface area contributed by atoms with E-state index in [0.29, 0.717) is 41.9 Å². The lowest BCUT2D eigenvalue weighted by Gasteiger charge is -2.35. The fourth-order valence-corrected chi connectivity index (χ4v) is 4.41. The highest BCUT2D eigenvalue weighted by atomic mass is 32.2. The Bertz CT molecular complexity index is 1220. The van der Waals surface area contributed by atoms with Crippen LogP contribution in [-0.4, -0.2) is 61.6 Å². The number of hydrogen-bond donors (Lipinski definition) is 0. The molecule has 1 fully saturated rings. The van der Waals surface area contributed by atoms with Gasteiger partial charge in [-0.3, -0.25) is 25.0 Å². The van der Waals surface area contributed by atoms with Crippen molar-refractivity contribution in [3.63, 3.8) is 0 Å². The molecule has 0 saturated carbocycles. The summed E-state index contributed by atoms with van der Waals surface area (Å²) >= 11 is 1.09. The number of aryl methyl sites for hydroxylation is 1. The van der Waals surface area contributed by atoms with Gasteiger partial charge < -0.3 is 14.4 Å². The second-order valence-corrected chi connectivity index (χ2v) is 8.30. The first-order valence-corrected chi connectivity index (χ1v) is 10.7. The number of carbonyl (C=O) groups excluding carboxylic acids is 1. The minimum atomic E-state index is -0.526. The molecule has 1 aromatic heterocycles. The normalized spacial score (nSPS) is 13.7. The molecule has 1 aliphatic rings. The SMILES string of the molecule is Cn1cnnc1Sc1ccc(C(=O)N2CCN(c3ccccc3[N+](=O)[O-])CC2)cc1[N+](=O)[O-]. The molecule has 170 valence electrons. The summed E-state index contributed by atoms with van der Waals surface area (Å²) in [6, 6.07) is 10.9. The van der Waals surface area contributed by atoms with Crippen LogP contribution in [0.5, 0.6) is 0 Å². The zero-order valence-corrected chi connectivity index (χ0v) is 18.3. The van der Waals surface area contributed by atoms with Crippen molar-refractivity contribution in [3.05, 3.63) is 74.6 Å². The summed E-state index contributed by atoms with van der Waals surface area (Å²) in [5, 5.41) is 31.1. The third-order valence-corrected chi connectivity index (χ3v) is 6.38. The Hall–Kier alpha value is -4.00. The van der Waals surface area contributed by atoms with Crippen molar-refractivity contribution in [2.24, 2.45) is 7.05 Å². The van der Waals surface area contributed by atoms with Gasteiger partial charge in [-0.2, -0.15) is 0 Å². The number of nitro groups is 2. The summed E-state index contributed by atoms with van der Waals surface area (Å²) in [6.45, 7) is 1.51. The van der Waals surface area contributed by atoms with Crippen LogP contribution in [-0.2, 0) is 7.05 Å². The standard InChI is InChI=1S/C20H19N7O5S/c1-23-13-21-22-20(23)33-18-7-6-14(12-17(18)27(31)32)19(28)25-10-8-24(9-11-25)15-4-2-3-5-16(15)26(29)30/h2-7,12-13H,8-11H2,1H3. The van der Waals surface area contributed by atoms with Crippen molar-refractivity contribution < 1.29 is 14.6 Å². The molecule has 0 aliphatic carbocycles. The molecule has 1 saturated heterocycles. The lowest BCUT2D eigenvalue weighted by Crippen LogP contribution is -2.49. The number of hydrogen-bond acceptors (Lipinski definition) is 9. The van der Waals surface area contributed by atoms with E-state index in [9.17, 15) is 25.0 Å². The van der Waals surface area contributed by atoms with Crippen LogP contribution in [0.4, 0.5) is 17.1 Å². The fraction of sp³-hybridized carbons (Fsp3) is 0.250. The first-order chi connectivity index (χ1) is 15.8. The number of piperazine rings is 1. The summed E-state index contributed by atoms with van der Waals surface area (Å²) in [4.78, 5) is 38.8. The van der Waals surface area contributed by atoms with E-state index in [1.54, 1.807) is 40.8 Å². The van der Waals surface area contributed by atoms with Crippen LogP contribution >= 0.6 is 11.8 Å². The molecule has 1 amide bonds. The van der Waals surface area contributed by atoms with E-state index in [0.717, 1.165) is 11.8 Å². The van der Waals surface area contributed by atoms with Gasteiger partial charge in [-0.1, -0.05) is 12.1 Å². The second-order valence-electron chi connectivity index (χ2n) is 7.29. The Morgan fingerprint density at radius 2 is 1.70 bits per heavy atom. The largest absolute Gasteiger partial charge is 0.362 e. The highest BCUT2D eigenvalue weighted by molar-refractivity contribution is 7.99. The van der Waals surface area contributed by atoms with Crippen LogP contribution in [0.1, 0.15) is 10.4 Å². The van der Waals surface area contributed by atoms with Crippen LogP contribution in [0.2, 0.25) is 0 Å². The maximum absolute atomic E-state index is 13.0. The fourth-order valence-electron chi connectivity index (χ4n) is 3.56. The Morgan fingerprint density at radius 3 is 2.33 bits per heavy atom. The number of benzene rings is 2. The molecule has 33 heavy (non-hydrogen) atoms. The third-order valence-electron chi connectivity index (χ3n) is 5.26. The van der Waals surface area contributed by atoms with Crippen LogP contribution in [0, 0.1) is 20.2 Å². The molecule has 3 aromatic rings. The van der Waals surface area contributed by atoms with E-state index in [1.165, 1.54) is 24.5 Å². The molecular weight excluding hydrogens is 450 g/mol. The van der Waals surface area contributed by atoms with Gasteiger partial charge in [0, 0.05) is 50.9 Å². The zero-order valence-electron chi connectivity index (χ0n) is 17.5. The molecule has 0 bridgehead atoms. The Balaban J connectivity index is 1.49. The third kappa shape index (κ3) is 4.62. The van der Waals surface area contributed by atoms with Gasteiger partial charge in [0.15, 0.2) is 5.16 Å². The minimum Gasteiger partial charge on any atom is -0.362 e. The van der Waals surface area contributed by atoms with Gasteiger partial charge in [-0.05, 0) is 30.0 Å². The monoisotopic (exact) mass is 469 g/mol. The molecule has 2 aromatic carbocycles. The Kier molecular flexibility index (Phi) is 6.22. The lowest BCUT2D eigenvalue weighted by atomic mass is 10.1. The predicted molar refractivity (Wildman–Crippen MR) is 119 cm³/mol. The molecule has 0 atom stereocenters. The molecule has 2 heterocycles. The van der Waals surface area contributed by atoms with Crippen LogP contribution in [0.15, 0.2) is 58.8 Å². The highest BCUT2D eigenvalue weighted by Crippen LogP contribution is 2.34. The first-order valence-electron chi connectivity index (χ1n) is 9.93. The van der Waals surface area contributed by atoms with Crippen LogP contribution < -0.4 is 4.90 Å². The van der Waals surface area contributed by atoms with Gasteiger partial charge in [0.05, 0.1) is 14.7 Å². The van der Waals surface area contributed by atoms with Crippen molar-refractivity contribution in [1.29, 1.82) is 0 Å². The smallest absolute Gasteiger partial charge is 0.292 e. The van der Waals surface area contributed by atoms with Gasteiger partial charge in [0.25, 0.3) is 17.3 Å². The highest BCUT2D eigenvalue weighted by Gasteiger charge is 2.27. The topological polar surface area (TPSA) is 141 Å². The number of nitro benzene ring substituents is 2. The summed E-state index contributed by atoms with van der Waals surface area (Å²) in [6.07, 6.45) is 1.50. The molecule has 12 nitrogen and oxygen atoms in total. The Labute approximate surface area is 192 Å². The number of nitrogens with zero attached hydrogens (tertiary/aromatic N) is 7. The first kappa shape index (κ1) is 22.2. The van der Waals surface area contributed by atoms with Crippen molar-refractivity contribution in [2.75, 3.05) is 31.1 Å². The van der Waals surface area contributed by atoms with Crippen LogP contribution in [0.3, 0.4) is 0 Å². The zero-order chi connectivity index (χ0) is 23.5. The van der Waals surface area contributed by atoms with Gasteiger partial charge in [0.2, 0.25) is 0 Å². The Morgan fingerprint density at radius 1 is 1.00 bits per heavy atom. The minimum absolute atomic E-state index is 0.0175. The molecule has 1 aliphatic heterocycles. The molecular formula is C20H19N7O5S. The molecule has 0 N–H and O–H groups in total. The second kappa shape index (κ2) is 9.24. The lowest BCUT2D eigenvalue weighted by molar-refractivity contribution is -0.387. The molecule has 4 rings (SSSR count). The summed E-state index contributed by atoms with van der Waals surface area (Å²) in [7, 11) is 1.73. The predicted octanol–water partition coefficient (Wildman–Crippen LogP) is 2.75. The van der Waals surface area contributed by atoms with E-state index in [1.807, 2.05) is 4.90 Å². The number of rotatable bonds is 6. The quantitative estimate of drug-likeness (QED) is 0.393. The van der Waals surface area contributed by atoms with Gasteiger partial charge >= 0.3 is 0 Å². The van der Waals surface area contributed by atoms with E-state index < -0.39 is 9.85 Å². The number of anilines is 1. The molecule has 0 spiro atoms. The average molecular weight is 469 g/mol. The number of para-hydroxylation sites is 2. The van der Waals surface area contributed by atoms with E-state index in [4.69, 9.17) is 0 Å². The van der Waals surface area contributed by atoms with Gasteiger partial charge in [-0.15, -0.1) is 10.2 Å². The van der Waals surface area contributed by atoms with Crippen molar-refractivity contribution in [3.8, 4) is 0 Å². The van der Waals surface area contributed by atoms with Crippen molar-refractivity contribution >= 4 is 34.7 Å². The van der Waals surface area contributed by atoms with Crippen LogP contribution in [0.25, 0.3) is 0 Å². The van der Waals surface area contributed by atoms with Gasteiger partial charge in [-0.25, -0.2) is 0 Å².